The van der Waals surface area contributed by atoms with Gasteiger partial charge in [0.1, 0.15) is 6.61 Å². The molecular formula is C17H37N3O2. The number of nitrogens with one attached hydrogen (secondary N) is 1. The maximum atomic E-state index is 11.6. The number of hydrogen-bond donors (Lipinski definition) is 1. The van der Waals surface area contributed by atoms with Gasteiger partial charge in [0.15, 0.2) is 0 Å². The molecule has 5 nitrogen and oxygen atoms in total. The van der Waals surface area contributed by atoms with Crippen molar-refractivity contribution in [3.8, 4) is 0 Å². The maximum absolute atomic E-state index is 11.6. The minimum atomic E-state index is -0.338. The topological polar surface area (TPSA) is 44.8 Å². The molecule has 0 radical (unpaired) electrons. The van der Waals surface area contributed by atoms with Crippen molar-refractivity contribution in [2.45, 2.75) is 73.0 Å². The molecule has 0 bridgehead atoms. The molecule has 0 rings (SSSR count). The zero-order valence-corrected chi connectivity index (χ0v) is 15.9. The normalized spacial score (nSPS) is 12.5. The lowest BCUT2D eigenvalue weighted by atomic mass is 10.1. The molecule has 22 heavy (non-hydrogen) atoms. The number of alkyl carbamates (subject to hydrolysis) is 1. The molecule has 0 saturated carbocycles. The minimum absolute atomic E-state index is 0.253. The van der Waals surface area contributed by atoms with Gasteiger partial charge in [-0.25, -0.2) is 4.79 Å². The van der Waals surface area contributed by atoms with Crippen molar-refractivity contribution in [3.63, 3.8) is 0 Å². The Kier molecular flexibility index (Phi) is 9.69. The lowest BCUT2D eigenvalue weighted by molar-refractivity contribution is 0.109. The predicted octanol–water partition coefficient (Wildman–Crippen LogP) is 2.95. The fourth-order valence-electron chi connectivity index (χ4n) is 2.41. The molecule has 0 saturated heterocycles. The van der Waals surface area contributed by atoms with Gasteiger partial charge in [-0.3, -0.25) is 9.80 Å². The molecule has 0 aromatic carbocycles. The number of hydrogen-bond acceptors (Lipinski definition) is 4. The van der Waals surface area contributed by atoms with Gasteiger partial charge in [-0.15, -0.1) is 0 Å². The first-order valence-corrected chi connectivity index (χ1v) is 8.49. The third-order valence-corrected chi connectivity index (χ3v) is 3.57. The maximum Gasteiger partial charge on any atom is 0.407 e. The summed E-state index contributed by atoms with van der Waals surface area (Å²) >= 11 is 0. The van der Waals surface area contributed by atoms with Gasteiger partial charge in [-0.05, 0) is 55.0 Å². The molecule has 0 aliphatic carbocycles. The third-order valence-electron chi connectivity index (χ3n) is 3.57. The van der Waals surface area contributed by atoms with E-state index in [1.165, 1.54) is 0 Å². The van der Waals surface area contributed by atoms with Crippen LogP contribution in [0.25, 0.3) is 0 Å². The smallest absolute Gasteiger partial charge is 0.407 e. The molecule has 1 amide bonds. The van der Waals surface area contributed by atoms with Crippen molar-refractivity contribution in [1.82, 2.24) is 15.1 Å². The molecule has 0 aliphatic heterocycles. The predicted molar refractivity (Wildman–Crippen MR) is 93.3 cm³/mol. The fourth-order valence-corrected chi connectivity index (χ4v) is 2.41. The SMILES string of the molecule is CCN(CCOC(=O)NC(C)(C)C)CCN(C(C)C)C(C)C. The van der Waals surface area contributed by atoms with Crippen molar-refractivity contribution in [2.24, 2.45) is 0 Å². The summed E-state index contributed by atoms with van der Waals surface area (Å²) in [5.41, 5.74) is -0.253. The van der Waals surface area contributed by atoms with E-state index in [0.29, 0.717) is 18.7 Å². The summed E-state index contributed by atoms with van der Waals surface area (Å²) in [5, 5.41) is 2.80. The Morgan fingerprint density at radius 2 is 1.59 bits per heavy atom. The summed E-state index contributed by atoms with van der Waals surface area (Å²) in [4.78, 5) is 16.4. The quantitative estimate of drug-likeness (QED) is 0.710. The van der Waals surface area contributed by atoms with E-state index in [0.717, 1.165) is 26.2 Å². The average Bonchev–Trinajstić information content (AvgIpc) is 2.33. The standard InChI is InChI=1S/C17H37N3O2/c1-9-19(10-11-20(14(2)3)15(4)5)12-13-22-16(21)18-17(6,7)8/h14-15H,9-13H2,1-8H3,(H,18,21). The number of amides is 1. The molecule has 0 heterocycles. The number of nitrogens with zero attached hydrogens (tertiary/aromatic N) is 2. The molecule has 0 aromatic heterocycles. The first kappa shape index (κ1) is 21.2. The zero-order chi connectivity index (χ0) is 17.3. The minimum Gasteiger partial charge on any atom is -0.448 e. The molecule has 0 unspecified atom stereocenters. The van der Waals surface area contributed by atoms with Gasteiger partial charge in [0, 0.05) is 37.3 Å². The highest BCUT2D eigenvalue weighted by atomic mass is 16.5. The Hall–Kier alpha value is -0.810. The van der Waals surface area contributed by atoms with Crippen molar-refractivity contribution < 1.29 is 9.53 Å². The second kappa shape index (κ2) is 10.1. The van der Waals surface area contributed by atoms with Crippen LogP contribution in [0.15, 0.2) is 0 Å². The number of likely N-dealkylation sites (N-methyl/N-ethyl adjacent to an activating group) is 1. The van der Waals surface area contributed by atoms with Crippen LogP contribution in [0.3, 0.4) is 0 Å². The molecule has 1 N–H and O–H groups in total. The Morgan fingerprint density at radius 1 is 1.05 bits per heavy atom. The number of ether oxygens (including phenoxy) is 1. The van der Waals surface area contributed by atoms with Crippen LogP contribution < -0.4 is 5.32 Å². The van der Waals surface area contributed by atoms with Crippen molar-refractivity contribution in [1.29, 1.82) is 0 Å². The first-order chi connectivity index (χ1) is 10.1. The summed E-state index contributed by atoms with van der Waals surface area (Å²) in [6.07, 6.45) is -0.338. The van der Waals surface area contributed by atoms with Crippen LogP contribution in [-0.4, -0.2) is 66.3 Å². The van der Waals surface area contributed by atoms with E-state index in [1.807, 2.05) is 20.8 Å². The Bertz CT molecular complexity index is 304. The monoisotopic (exact) mass is 315 g/mol. The lowest BCUT2D eigenvalue weighted by Gasteiger charge is -2.32. The van der Waals surface area contributed by atoms with Crippen LogP contribution in [0.4, 0.5) is 4.79 Å². The van der Waals surface area contributed by atoms with Gasteiger partial charge in [-0.2, -0.15) is 0 Å². The Morgan fingerprint density at radius 3 is 2.00 bits per heavy atom. The highest BCUT2D eigenvalue weighted by Crippen LogP contribution is 2.05. The van der Waals surface area contributed by atoms with E-state index in [9.17, 15) is 4.79 Å². The van der Waals surface area contributed by atoms with Gasteiger partial charge in [0.2, 0.25) is 0 Å². The second-order valence-electron chi connectivity index (χ2n) is 7.37. The summed E-state index contributed by atoms with van der Waals surface area (Å²) in [6.45, 7) is 21.1. The first-order valence-electron chi connectivity index (χ1n) is 8.49. The molecule has 0 aliphatic rings. The van der Waals surface area contributed by atoms with E-state index in [4.69, 9.17) is 4.74 Å². The molecule has 5 heteroatoms. The third kappa shape index (κ3) is 10.0. The summed E-state index contributed by atoms with van der Waals surface area (Å²) < 4.78 is 5.25. The van der Waals surface area contributed by atoms with Crippen molar-refractivity contribution in [2.75, 3.05) is 32.8 Å². The van der Waals surface area contributed by atoms with Gasteiger partial charge in [0.25, 0.3) is 0 Å². The van der Waals surface area contributed by atoms with Gasteiger partial charge < -0.3 is 10.1 Å². The van der Waals surface area contributed by atoms with Crippen LogP contribution in [0.2, 0.25) is 0 Å². The molecule has 0 atom stereocenters. The fraction of sp³-hybridized carbons (Fsp3) is 0.941. The number of carbonyl (C=O) groups excluding carboxylic acids is 1. The van der Waals surface area contributed by atoms with E-state index in [2.05, 4.69) is 49.7 Å². The van der Waals surface area contributed by atoms with E-state index >= 15 is 0 Å². The Labute approximate surface area is 137 Å². The molecule has 0 spiro atoms. The summed E-state index contributed by atoms with van der Waals surface area (Å²) in [6, 6.07) is 1.10. The van der Waals surface area contributed by atoms with Crippen LogP contribution in [-0.2, 0) is 4.74 Å². The molecule has 0 fully saturated rings. The highest BCUT2D eigenvalue weighted by molar-refractivity contribution is 5.68. The van der Waals surface area contributed by atoms with Gasteiger partial charge in [0.05, 0.1) is 0 Å². The van der Waals surface area contributed by atoms with E-state index < -0.39 is 0 Å². The van der Waals surface area contributed by atoms with Crippen LogP contribution in [0.5, 0.6) is 0 Å². The highest BCUT2D eigenvalue weighted by Gasteiger charge is 2.16. The van der Waals surface area contributed by atoms with Gasteiger partial charge >= 0.3 is 6.09 Å². The number of carbonyl (C=O) groups is 1. The van der Waals surface area contributed by atoms with Crippen LogP contribution in [0, 0.1) is 0 Å². The van der Waals surface area contributed by atoms with Crippen LogP contribution >= 0.6 is 0 Å². The summed E-state index contributed by atoms with van der Waals surface area (Å²) in [7, 11) is 0. The largest absolute Gasteiger partial charge is 0.448 e. The average molecular weight is 316 g/mol. The van der Waals surface area contributed by atoms with Crippen molar-refractivity contribution in [3.05, 3.63) is 0 Å². The van der Waals surface area contributed by atoms with Crippen molar-refractivity contribution >= 4 is 6.09 Å². The lowest BCUT2D eigenvalue weighted by Crippen LogP contribution is -2.44. The molecule has 132 valence electrons. The summed E-state index contributed by atoms with van der Waals surface area (Å²) in [5.74, 6) is 0. The number of rotatable bonds is 9. The molecular weight excluding hydrogens is 278 g/mol. The van der Waals surface area contributed by atoms with Crippen LogP contribution in [0.1, 0.15) is 55.4 Å². The zero-order valence-electron chi connectivity index (χ0n) is 15.9. The van der Waals surface area contributed by atoms with E-state index in [-0.39, 0.29) is 11.6 Å². The second-order valence-corrected chi connectivity index (χ2v) is 7.37. The van der Waals surface area contributed by atoms with E-state index in [1.54, 1.807) is 0 Å². The Balaban J connectivity index is 4.09. The molecule has 0 aromatic rings. The van der Waals surface area contributed by atoms with Gasteiger partial charge in [-0.1, -0.05) is 6.92 Å².